The molecular formula is C23H36N4O4S. The molecular weight excluding hydrogens is 428 g/mol. The van der Waals surface area contributed by atoms with Crippen LogP contribution in [0.1, 0.15) is 56.5 Å². The number of aromatic nitrogens is 1. The fourth-order valence-electron chi connectivity index (χ4n) is 6.33. The summed E-state index contributed by atoms with van der Waals surface area (Å²) in [5, 5.41) is 25.1. The van der Waals surface area contributed by atoms with Crippen molar-refractivity contribution in [2.45, 2.75) is 58.5 Å². The van der Waals surface area contributed by atoms with Crippen molar-refractivity contribution in [1.82, 2.24) is 14.8 Å². The molecule has 1 aromatic rings. The summed E-state index contributed by atoms with van der Waals surface area (Å²) in [7, 11) is 1.86. The van der Waals surface area contributed by atoms with Gasteiger partial charge in [0.2, 0.25) is 11.8 Å². The van der Waals surface area contributed by atoms with Crippen molar-refractivity contribution in [3.63, 3.8) is 0 Å². The first-order valence-electron chi connectivity index (χ1n) is 11.6. The molecule has 0 radical (unpaired) electrons. The third-order valence-corrected chi connectivity index (χ3v) is 9.67. The van der Waals surface area contributed by atoms with Crippen LogP contribution in [0.5, 0.6) is 0 Å². The molecule has 4 rings (SSSR count). The lowest BCUT2D eigenvalue weighted by Gasteiger charge is -2.58. The molecule has 9 heteroatoms. The monoisotopic (exact) mass is 464 g/mol. The molecule has 2 fully saturated rings. The second-order valence-electron chi connectivity index (χ2n) is 10.2. The van der Waals surface area contributed by atoms with Gasteiger partial charge in [-0.25, -0.2) is 4.98 Å². The van der Waals surface area contributed by atoms with Crippen LogP contribution in [-0.4, -0.2) is 82.7 Å². The van der Waals surface area contributed by atoms with Gasteiger partial charge in [0, 0.05) is 62.8 Å². The van der Waals surface area contributed by atoms with Crippen LogP contribution in [0.2, 0.25) is 0 Å². The van der Waals surface area contributed by atoms with Crippen molar-refractivity contribution >= 4 is 28.3 Å². The van der Waals surface area contributed by atoms with Crippen molar-refractivity contribution in [2.75, 3.05) is 45.2 Å². The maximum Gasteiger partial charge on any atom is 0.223 e. The van der Waals surface area contributed by atoms with Gasteiger partial charge >= 0.3 is 0 Å². The smallest absolute Gasteiger partial charge is 0.223 e. The highest BCUT2D eigenvalue weighted by molar-refractivity contribution is 7.15. The van der Waals surface area contributed by atoms with E-state index >= 15 is 0 Å². The molecule has 5 atom stereocenters. The third kappa shape index (κ3) is 3.72. The molecule has 2 amide bonds. The Kier molecular flexibility index (Phi) is 6.28. The first kappa shape index (κ1) is 23.4. The number of amides is 2. The minimum Gasteiger partial charge on any atom is -0.396 e. The molecule has 3 N–H and O–H groups in total. The first-order chi connectivity index (χ1) is 15.1. The van der Waals surface area contributed by atoms with E-state index in [4.69, 9.17) is 4.98 Å². The van der Waals surface area contributed by atoms with Gasteiger partial charge in [0.15, 0.2) is 5.13 Å². The van der Waals surface area contributed by atoms with Gasteiger partial charge in [0.05, 0.1) is 18.4 Å². The number of nitrogens with zero attached hydrogens (tertiary/aromatic N) is 3. The van der Waals surface area contributed by atoms with E-state index in [2.05, 4.69) is 12.2 Å². The third-order valence-electron chi connectivity index (χ3n) is 8.56. The Hall–Kier alpha value is -1.71. The van der Waals surface area contributed by atoms with Crippen LogP contribution in [0.15, 0.2) is 0 Å². The molecule has 1 saturated carbocycles. The van der Waals surface area contributed by atoms with E-state index in [1.165, 1.54) is 0 Å². The van der Waals surface area contributed by atoms with Crippen LogP contribution in [0.3, 0.4) is 0 Å². The average Bonchev–Trinajstić information content (AvgIpc) is 3.21. The molecule has 0 spiro atoms. The van der Waals surface area contributed by atoms with Crippen LogP contribution in [-0.2, 0) is 16.0 Å². The van der Waals surface area contributed by atoms with Crippen molar-refractivity contribution in [3.8, 4) is 0 Å². The molecule has 8 nitrogen and oxygen atoms in total. The second-order valence-corrected chi connectivity index (χ2v) is 11.3. The number of carbonyl (C=O) groups is 2. The molecule has 0 aromatic carbocycles. The predicted octanol–water partition coefficient (Wildman–Crippen LogP) is 1.68. The molecule has 0 bridgehead atoms. The van der Waals surface area contributed by atoms with Crippen LogP contribution in [0.4, 0.5) is 5.13 Å². The number of carbonyl (C=O) groups excluding carboxylic acids is 2. The Bertz CT molecular complexity index is 883. The molecule has 2 heterocycles. The molecule has 1 aromatic heterocycles. The van der Waals surface area contributed by atoms with Crippen molar-refractivity contribution in [3.05, 3.63) is 10.6 Å². The molecule has 178 valence electrons. The lowest BCUT2D eigenvalue weighted by molar-refractivity contribution is -0.149. The number of hydrogen-bond donors (Lipinski definition) is 3. The first-order valence-corrected chi connectivity index (χ1v) is 12.4. The molecule has 2 aliphatic carbocycles. The fourth-order valence-corrected chi connectivity index (χ4v) is 7.35. The van der Waals surface area contributed by atoms with E-state index in [1.54, 1.807) is 23.2 Å². The number of anilines is 1. The summed E-state index contributed by atoms with van der Waals surface area (Å²) in [6.07, 6.45) is 1.99. The average molecular weight is 465 g/mol. The van der Waals surface area contributed by atoms with Gasteiger partial charge in [-0.2, -0.15) is 0 Å². The van der Waals surface area contributed by atoms with Crippen molar-refractivity contribution in [1.29, 1.82) is 0 Å². The Morgan fingerprint density at radius 2 is 1.88 bits per heavy atom. The number of aliphatic hydroxyl groups excluding tert-OH is 2. The zero-order valence-electron chi connectivity index (χ0n) is 19.6. The SMILES string of the molecule is CNc1nc2c(s1)CC1C(C)(CO)C(O)CCC1(C)C2CC(=O)N1CCN(C(C)=O)CC1. The van der Waals surface area contributed by atoms with E-state index in [0.29, 0.717) is 39.0 Å². The number of thiazole rings is 1. The Morgan fingerprint density at radius 1 is 1.22 bits per heavy atom. The van der Waals surface area contributed by atoms with Crippen LogP contribution < -0.4 is 5.32 Å². The minimum atomic E-state index is -0.608. The van der Waals surface area contributed by atoms with Crippen LogP contribution in [0.25, 0.3) is 0 Å². The summed E-state index contributed by atoms with van der Waals surface area (Å²) >= 11 is 1.62. The van der Waals surface area contributed by atoms with Gasteiger partial charge in [0.25, 0.3) is 0 Å². The summed E-state index contributed by atoms with van der Waals surface area (Å²) in [6.45, 7) is 7.98. The summed E-state index contributed by atoms with van der Waals surface area (Å²) in [5.41, 5.74) is 0.160. The second kappa shape index (κ2) is 8.57. The highest BCUT2D eigenvalue weighted by Crippen LogP contribution is 2.62. The van der Waals surface area contributed by atoms with Gasteiger partial charge in [-0.3, -0.25) is 9.59 Å². The fraction of sp³-hybridized carbons (Fsp3) is 0.783. The van der Waals surface area contributed by atoms with Gasteiger partial charge in [-0.15, -0.1) is 11.3 Å². The summed E-state index contributed by atoms with van der Waals surface area (Å²) in [6, 6.07) is 0. The standard InChI is InChI=1S/C23H36N4O4S/c1-14(29)26-7-9-27(10-8-26)19(31)11-15-20-16(32-21(24-4)25-20)12-17-22(15,2)6-5-18(30)23(17,3)13-28/h15,17-18,28,30H,5-13H2,1-4H3,(H,24,25). The van der Waals surface area contributed by atoms with Crippen molar-refractivity contribution in [2.24, 2.45) is 16.7 Å². The number of nitrogens with one attached hydrogen (secondary N) is 1. The van der Waals surface area contributed by atoms with Crippen LogP contribution >= 0.6 is 11.3 Å². The summed E-state index contributed by atoms with van der Waals surface area (Å²) in [5.74, 6) is 0.150. The van der Waals surface area contributed by atoms with Gasteiger partial charge in [-0.1, -0.05) is 13.8 Å². The van der Waals surface area contributed by atoms with Gasteiger partial charge in [0.1, 0.15) is 0 Å². The van der Waals surface area contributed by atoms with Gasteiger partial charge in [-0.05, 0) is 30.6 Å². The minimum absolute atomic E-state index is 0.0514. The highest BCUT2D eigenvalue weighted by atomic mass is 32.1. The highest BCUT2D eigenvalue weighted by Gasteiger charge is 2.59. The normalized spacial score (nSPS) is 34.6. The largest absolute Gasteiger partial charge is 0.396 e. The Labute approximate surface area is 194 Å². The lowest BCUT2D eigenvalue weighted by atomic mass is 9.47. The molecule has 1 saturated heterocycles. The lowest BCUT2D eigenvalue weighted by Crippen LogP contribution is -2.58. The Morgan fingerprint density at radius 3 is 2.47 bits per heavy atom. The van der Waals surface area contributed by atoms with Crippen LogP contribution in [0, 0.1) is 16.7 Å². The number of hydrogen-bond acceptors (Lipinski definition) is 7. The maximum absolute atomic E-state index is 13.4. The molecule has 5 unspecified atom stereocenters. The summed E-state index contributed by atoms with van der Waals surface area (Å²) < 4.78 is 0. The topological polar surface area (TPSA) is 106 Å². The maximum atomic E-state index is 13.4. The number of rotatable bonds is 4. The van der Waals surface area contributed by atoms with E-state index in [-0.39, 0.29) is 35.7 Å². The molecule has 1 aliphatic heterocycles. The summed E-state index contributed by atoms with van der Waals surface area (Å²) in [4.78, 5) is 34.8. The van der Waals surface area contributed by atoms with E-state index in [9.17, 15) is 19.8 Å². The zero-order chi connectivity index (χ0) is 23.3. The number of aliphatic hydroxyl groups is 2. The Balaban J connectivity index is 1.64. The van der Waals surface area contributed by atoms with Crippen molar-refractivity contribution < 1.29 is 19.8 Å². The predicted molar refractivity (Wildman–Crippen MR) is 124 cm³/mol. The van der Waals surface area contributed by atoms with E-state index in [1.807, 2.05) is 18.9 Å². The number of piperazine rings is 1. The van der Waals surface area contributed by atoms with E-state index < -0.39 is 11.5 Å². The van der Waals surface area contributed by atoms with E-state index in [0.717, 1.165) is 28.5 Å². The zero-order valence-corrected chi connectivity index (χ0v) is 20.4. The molecule has 3 aliphatic rings. The molecule has 32 heavy (non-hydrogen) atoms. The quantitative estimate of drug-likeness (QED) is 0.626. The van der Waals surface area contributed by atoms with Gasteiger partial charge < -0.3 is 25.3 Å². The number of fused-ring (bicyclic) bond motifs is 2.